The minimum absolute atomic E-state index is 0.0502. The first kappa shape index (κ1) is 24.4. The van der Waals surface area contributed by atoms with Crippen LogP contribution in [0.4, 0.5) is 5.69 Å². The summed E-state index contributed by atoms with van der Waals surface area (Å²) in [5, 5.41) is 2.78. The van der Waals surface area contributed by atoms with E-state index >= 15 is 0 Å². The normalized spacial score (nSPS) is 14.9. The van der Waals surface area contributed by atoms with Gasteiger partial charge >= 0.3 is 0 Å². The van der Waals surface area contributed by atoms with Crippen LogP contribution in [0, 0.1) is 27.7 Å². The summed E-state index contributed by atoms with van der Waals surface area (Å²) in [6, 6.07) is 26.4. The van der Waals surface area contributed by atoms with Crippen LogP contribution in [-0.4, -0.2) is 21.5 Å². The fourth-order valence-electron chi connectivity index (χ4n) is 4.76. The molecule has 5 rings (SSSR count). The SMILES string of the molecule is Cc1ccc(C)c(N2C(=O)/C(=C\c3cc(C)n(-c4ccc(-c5ccccc5)cc4)c3C)C(=O)NC2=S)c1. The van der Waals surface area contributed by atoms with Gasteiger partial charge in [-0.05, 0) is 98.1 Å². The Morgan fingerprint density at radius 2 is 1.49 bits per heavy atom. The molecule has 0 bridgehead atoms. The summed E-state index contributed by atoms with van der Waals surface area (Å²) in [5.41, 5.74) is 8.67. The van der Waals surface area contributed by atoms with Crippen LogP contribution < -0.4 is 10.2 Å². The Bertz CT molecular complexity index is 1580. The van der Waals surface area contributed by atoms with Gasteiger partial charge < -0.3 is 4.57 Å². The first-order chi connectivity index (χ1) is 17.7. The molecule has 184 valence electrons. The number of anilines is 1. The number of hydrogen-bond donors (Lipinski definition) is 1. The maximum Gasteiger partial charge on any atom is 0.270 e. The van der Waals surface area contributed by atoms with Crippen LogP contribution in [0.3, 0.4) is 0 Å². The van der Waals surface area contributed by atoms with Crippen molar-refractivity contribution >= 4 is 40.9 Å². The lowest BCUT2D eigenvalue weighted by atomic mass is 10.0. The van der Waals surface area contributed by atoms with Crippen LogP contribution in [-0.2, 0) is 9.59 Å². The van der Waals surface area contributed by atoms with Crippen LogP contribution >= 0.6 is 12.2 Å². The van der Waals surface area contributed by atoms with Crippen LogP contribution in [0.25, 0.3) is 22.9 Å². The van der Waals surface area contributed by atoms with Crippen LogP contribution in [0.5, 0.6) is 0 Å². The van der Waals surface area contributed by atoms with E-state index in [0.717, 1.165) is 44.9 Å². The van der Waals surface area contributed by atoms with E-state index in [1.165, 1.54) is 4.90 Å². The van der Waals surface area contributed by atoms with Gasteiger partial charge in [0.15, 0.2) is 5.11 Å². The van der Waals surface area contributed by atoms with E-state index in [2.05, 4.69) is 46.3 Å². The van der Waals surface area contributed by atoms with E-state index in [1.54, 1.807) is 6.08 Å². The Hall–Kier alpha value is -4.29. The van der Waals surface area contributed by atoms with E-state index in [0.29, 0.717) is 5.69 Å². The number of nitrogens with zero attached hydrogens (tertiary/aromatic N) is 2. The Labute approximate surface area is 222 Å². The van der Waals surface area contributed by atoms with Crippen molar-refractivity contribution in [3.05, 3.63) is 113 Å². The molecule has 1 aliphatic rings. The fraction of sp³-hybridized carbons (Fsp3) is 0.129. The number of thiocarbonyl (C=S) groups is 1. The molecule has 3 aromatic carbocycles. The number of nitrogens with one attached hydrogen (secondary N) is 1. The maximum absolute atomic E-state index is 13.6. The number of hydrogen-bond acceptors (Lipinski definition) is 3. The molecule has 0 radical (unpaired) electrons. The highest BCUT2D eigenvalue weighted by Gasteiger charge is 2.35. The van der Waals surface area contributed by atoms with E-state index in [9.17, 15) is 9.59 Å². The zero-order valence-corrected chi connectivity index (χ0v) is 22.0. The lowest BCUT2D eigenvalue weighted by Gasteiger charge is -2.30. The number of rotatable bonds is 4. The fourth-order valence-corrected chi connectivity index (χ4v) is 5.03. The summed E-state index contributed by atoms with van der Waals surface area (Å²) >= 11 is 5.39. The lowest BCUT2D eigenvalue weighted by Crippen LogP contribution is -2.54. The van der Waals surface area contributed by atoms with E-state index < -0.39 is 11.8 Å². The topological polar surface area (TPSA) is 54.3 Å². The first-order valence-electron chi connectivity index (χ1n) is 12.1. The highest BCUT2D eigenvalue weighted by molar-refractivity contribution is 7.80. The highest BCUT2D eigenvalue weighted by atomic mass is 32.1. The Kier molecular flexibility index (Phi) is 6.36. The largest absolute Gasteiger partial charge is 0.318 e. The van der Waals surface area contributed by atoms with E-state index in [1.807, 2.05) is 70.2 Å². The van der Waals surface area contributed by atoms with Gasteiger partial charge in [-0.25, -0.2) is 0 Å². The van der Waals surface area contributed by atoms with Gasteiger partial charge in [0.05, 0.1) is 5.69 Å². The van der Waals surface area contributed by atoms with Crippen molar-refractivity contribution < 1.29 is 9.59 Å². The van der Waals surface area contributed by atoms with Crippen molar-refractivity contribution in [3.63, 3.8) is 0 Å². The predicted molar refractivity (Wildman–Crippen MR) is 153 cm³/mol. The summed E-state index contributed by atoms with van der Waals surface area (Å²) in [4.78, 5) is 27.8. The lowest BCUT2D eigenvalue weighted by molar-refractivity contribution is -0.122. The second-order valence-electron chi connectivity index (χ2n) is 9.32. The van der Waals surface area contributed by atoms with Gasteiger partial charge in [0, 0.05) is 17.1 Å². The molecule has 0 spiro atoms. The molecule has 0 saturated carbocycles. The van der Waals surface area contributed by atoms with Crippen molar-refractivity contribution in [3.8, 4) is 16.8 Å². The molecule has 1 fully saturated rings. The van der Waals surface area contributed by atoms with Gasteiger partial charge in [0.25, 0.3) is 11.8 Å². The van der Waals surface area contributed by atoms with Crippen molar-refractivity contribution in [1.82, 2.24) is 9.88 Å². The molecule has 4 aromatic rings. The molecule has 0 aliphatic carbocycles. The van der Waals surface area contributed by atoms with Crippen molar-refractivity contribution in [2.24, 2.45) is 0 Å². The third-order valence-electron chi connectivity index (χ3n) is 6.71. The molecule has 1 N–H and O–H groups in total. The molecule has 1 aromatic heterocycles. The first-order valence-corrected chi connectivity index (χ1v) is 12.5. The quantitative estimate of drug-likeness (QED) is 0.204. The summed E-state index contributed by atoms with van der Waals surface area (Å²) in [6.07, 6.45) is 1.66. The molecule has 37 heavy (non-hydrogen) atoms. The Balaban J connectivity index is 1.51. The second kappa shape index (κ2) is 9.64. The van der Waals surface area contributed by atoms with Crippen molar-refractivity contribution in [2.75, 3.05) is 4.90 Å². The standard InChI is InChI=1S/C31H27N3O2S/c1-19-10-11-20(2)28(16-19)34-30(36)27(29(35)32-31(34)37)18-25-17-21(3)33(22(25)4)26-14-12-24(13-15-26)23-8-6-5-7-9-23/h5-18H,1-4H3,(H,32,35,37)/b27-18-. The number of carbonyl (C=O) groups is 2. The molecule has 2 heterocycles. The Morgan fingerprint density at radius 1 is 0.811 bits per heavy atom. The summed E-state index contributed by atoms with van der Waals surface area (Å²) in [5.74, 6) is -0.923. The molecule has 0 atom stereocenters. The van der Waals surface area contributed by atoms with Gasteiger partial charge in [0.2, 0.25) is 0 Å². The second-order valence-corrected chi connectivity index (χ2v) is 9.71. The van der Waals surface area contributed by atoms with Gasteiger partial charge in [-0.2, -0.15) is 0 Å². The molecular formula is C31H27N3O2S. The minimum atomic E-state index is -0.492. The van der Waals surface area contributed by atoms with Crippen LogP contribution in [0.1, 0.15) is 28.1 Å². The molecular weight excluding hydrogens is 478 g/mol. The highest BCUT2D eigenvalue weighted by Crippen LogP contribution is 2.29. The molecule has 1 aliphatic heterocycles. The summed E-state index contributed by atoms with van der Waals surface area (Å²) < 4.78 is 2.12. The average molecular weight is 506 g/mol. The molecule has 1 saturated heterocycles. The number of carbonyl (C=O) groups excluding carboxylic acids is 2. The van der Waals surface area contributed by atoms with E-state index in [-0.39, 0.29) is 10.7 Å². The third-order valence-corrected chi connectivity index (χ3v) is 6.99. The summed E-state index contributed by atoms with van der Waals surface area (Å²) in [7, 11) is 0. The average Bonchev–Trinajstić information content (AvgIpc) is 3.16. The molecule has 6 heteroatoms. The Morgan fingerprint density at radius 3 is 2.19 bits per heavy atom. The number of amides is 2. The number of aryl methyl sites for hydroxylation is 3. The number of benzene rings is 3. The molecule has 5 nitrogen and oxygen atoms in total. The van der Waals surface area contributed by atoms with Crippen molar-refractivity contribution in [2.45, 2.75) is 27.7 Å². The zero-order valence-electron chi connectivity index (χ0n) is 21.2. The van der Waals surface area contributed by atoms with Crippen molar-refractivity contribution in [1.29, 1.82) is 0 Å². The van der Waals surface area contributed by atoms with Gasteiger partial charge in [-0.3, -0.25) is 19.8 Å². The van der Waals surface area contributed by atoms with Gasteiger partial charge in [-0.15, -0.1) is 0 Å². The zero-order chi connectivity index (χ0) is 26.3. The van der Waals surface area contributed by atoms with Crippen LogP contribution in [0.2, 0.25) is 0 Å². The maximum atomic E-state index is 13.6. The number of aromatic nitrogens is 1. The molecule has 2 amide bonds. The minimum Gasteiger partial charge on any atom is -0.318 e. The molecule has 0 unspecified atom stereocenters. The van der Waals surface area contributed by atoms with Gasteiger partial charge in [-0.1, -0.05) is 54.6 Å². The predicted octanol–water partition coefficient (Wildman–Crippen LogP) is 6.21. The monoisotopic (exact) mass is 505 g/mol. The van der Waals surface area contributed by atoms with Gasteiger partial charge in [0.1, 0.15) is 5.57 Å². The smallest absolute Gasteiger partial charge is 0.270 e. The third kappa shape index (κ3) is 4.52. The van der Waals surface area contributed by atoms with Crippen LogP contribution in [0.15, 0.2) is 84.4 Å². The van der Waals surface area contributed by atoms with E-state index in [4.69, 9.17) is 12.2 Å². The summed E-state index contributed by atoms with van der Waals surface area (Å²) in [6.45, 7) is 7.88.